The predicted molar refractivity (Wildman–Crippen MR) is 122 cm³/mol. The lowest BCUT2D eigenvalue weighted by Crippen LogP contribution is -2.12. The van der Waals surface area contributed by atoms with Crippen LogP contribution in [0.2, 0.25) is 0 Å². The second-order valence-corrected chi connectivity index (χ2v) is 8.40. The first kappa shape index (κ1) is 21.2. The minimum absolute atomic E-state index is 0.482. The molecule has 0 heterocycles. The highest BCUT2D eigenvalue weighted by Crippen LogP contribution is 2.35. The molecule has 2 aromatic carbocycles. The van der Waals surface area contributed by atoms with E-state index in [2.05, 4.69) is 68.2 Å². The van der Waals surface area contributed by atoms with Crippen molar-refractivity contribution >= 4 is 0 Å². The van der Waals surface area contributed by atoms with Gasteiger partial charge >= 0.3 is 0 Å². The summed E-state index contributed by atoms with van der Waals surface area (Å²) in [7, 11) is 0. The average Bonchev–Trinajstić information content (AvgIpc) is 2.78. The molecule has 1 fully saturated rings. The van der Waals surface area contributed by atoms with Crippen LogP contribution in [0, 0.1) is 29.1 Å². The van der Waals surface area contributed by atoms with Crippen LogP contribution in [0.1, 0.15) is 92.5 Å². The zero-order chi connectivity index (χ0) is 20.5. The summed E-state index contributed by atoms with van der Waals surface area (Å²) >= 11 is 0. The smallest absolute Gasteiger partial charge is 0.0994 e. The van der Waals surface area contributed by atoms with Gasteiger partial charge in [0, 0.05) is 11.5 Å². The van der Waals surface area contributed by atoms with Crippen molar-refractivity contribution in [3.8, 4) is 17.9 Å². The highest BCUT2D eigenvalue weighted by atomic mass is 14.3. The maximum Gasteiger partial charge on any atom is 0.0994 e. The number of benzene rings is 2. The molecule has 0 spiro atoms. The molecule has 0 N–H and O–H groups in total. The van der Waals surface area contributed by atoms with Crippen molar-refractivity contribution in [1.29, 1.82) is 5.26 Å². The predicted octanol–water partition coefficient (Wildman–Crippen LogP) is 7.18. The highest BCUT2D eigenvalue weighted by Gasteiger charge is 2.21. The van der Waals surface area contributed by atoms with E-state index >= 15 is 0 Å². The molecule has 0 aliphatic heterocycles. The van der Waals surface area contributed by atoms with Gasteiger partial charge in [0.15, 0.2) is 0 Å². The lowest BCUT2D eigenvalue weighted by molar-refractivity contribution is 0.384. The summed E-state index contributed by atoms with van der Waals surface area (Å²) in [6, 6.07) is 17.8. The summed E-state index contributed by atoms with van der Waals surface area (Å²) in [6.07, 6.45) is 10.6. The fourth-order valence-electron chi connectivity index (χ4n) is 4.34. The van der Waals surface area contributed by atoms with Crippen LogP contribution < -0.4 is 0 Å². The van der Waals surface area contributed by atoms with E-state index in [0.717, 1.165) is 29.5 Å². The maximum absolute atomic E-state index is 9.39. The molecule has 0 bridgehead atoms. The third-order valence-electron chi connectivity index (χ3n) is 6.17. The number of aryl methyl sites for hydroxylation is 2. The van der Waals surface area contributed by atoms with E-state index in [4.69, 9.17) is 0 Å². The molecule has 2 aromatic rings. The van der Waals surface area contributed by atoms with E-state index in [1.54, 1.807) is 0 Å². The second-order valence-electron chi connectivity index (χ2n) is 8.40. The van der Waals surface area contributed by atoms with Gasteiger partial charge in [-0.2, -0.15) is 5.26 Å². The number of unbranched alkanes of at least 4 members (excludes halogenated alkanes) is 1. The first-order valence-corrected chi connectivity index (χ1v) is 11.4. The fraction of sp³-hybridized carbons (Fsp3) is 0.464. The minimum atomic E-state index is 0.482. The maximum atomic E-state index is 9.39. The van der Waals surface area contributed by atoms with Gasteiger partial charge in [0.05, 0.1) is 11.6 Å². The Bertz CT molecular complexity index is 881. The van der Waals surface area contributed by atoms with Crippen molar-refractivity contribution in [2.45, 2.75) is 77.6 Å². The van der Waals surface area contributed by atoms with Crippen molar-refractivity contribution in [3.63, 3.8) is 0 Å². The number of hydrogen-bond donors (Lipinski definition) is 0. The van der Waals surface area contributed by atoms with Crippen LogP contribution >= 0.6 is 0 Å². The van der Waals surface area contributed by atoms with Crippen LogP contribution in [-0.2, 0) is 12.8 Å². The summed E-state index contributed by atoms with van der Waals surface area (Å²) in [5.41, 5.74) is 5.87. The van der Waals surface area contributed by atoms with E-state index in [9.17, 15) is 5.26 Å². The van der Waals surface area contributed by atoms with E-state index in [1.165, 1.54) is 56.1 Å². The Balaban J connectivity index is 1.56. The van der Waals surface area contributed by atoms with Gasteiger partial charge in [0.2, 0.25) is 0 Å². The van der Waals surface area contributed by atoms with Gasteiger partial charge in [-0.3, -0.25) is 0 Å². The Labute approximate surface area is 177 Å². The van der Waals surface area contributed by atoms with Crippen LogP contribution in [-0.4, -0.2) is 0 Å². The third kappa shape index (κ3) is 5.98. The molecule has 29 heavy (non-hydrogen) atoms. The second kappa shape index (κ2) is 10.9. The molecule has 1 aliphatic carbocycles. The van der Waals surface area contributed by atoms with Gasteiger partial charge in [-0.15, -0.1) is 0 Å². The van der Waals surface area contributed by atoms with Crippen molar-refractivity contribution in [2.75, 3.05) is 0 Å². The minimum Gasteiger partial charge on any atom is -0.192 e. The van der Waals surface area contributed by atoms with Gasteiger partial charge in [-0.1, -0.05) is 68.9 Å². The molecule has 1 aliphatic rings. The molecule has 0 saturated heterocycles. The average molecular weight is 384 g/mol. The summed E-state index contributed by atoms with van der Waals surface area (Å²) in [6.45, 7) is 4.39. The molecule has 0 aromatic heterocycles. The summed E-state index contributed by atoms with van der Waals surface area (Å²) in [5, 5.41) is 9.39. The molecule has 0 radical (unpaired) electrons. The van der Waals surface area contributed by atoms with Crippen molar-refractivity contribution in [3.05, 3.63) is 70.3 Å². The number of nitriles is 1. The molecule has 0 atom stereocenters. The number of rotatable bonds is 6. The molecule has 1 saturated carbocycles. The van der Waals surface area contributed by atoms with Crippen LogP contribution in [0.5, 0.6) is 0 Å². The van der Waals surface area contributed by atoms with Gasteiger partial charge in [0.25, 0.3) is 0 Å². The van der Waals surface area contributed by atoms with E-state index in [0.29, 0.717) is 11.8 Å². The molecule has 0 amide bonds. The molecule has 3 rings (SSSR count). The lowest BCUT2D eigenvalue weighted by Gasteiger charge is -2.26. The zero-order valence-electron chi connectivity index (χ0n) is 18.0. The van der Waals surface area contributed by atoms with Crippen molar-refractivity contribution < 1.29 is 0 Å². The summed E-state index contributed by atoms with van der Waals surface area (Å²) < 4.78 is 0. The molecular formula is C28H33N. The molecule has 1 heteroatoms. The first-order valence-electron chi connectivity index (χ1n) is 11.4. The Morgan fingerprint density at radius 1 is 0.897 bits per heavy atom. The van der Waals surface area contributed by atoms with E-state index < -0.39 is 0 Å². The number of nitrogens with zero attached hydrogens (tertiary/aromatic N) is 1. The topological polar surface area (TPSA) is 23.8 Å². The van der Waals surface area contributed by atoms with Crippen LogP contribution in [0.4, 0.5) is 0 Å². The largest absolute Gasteiger partial charge is 0.192 e. The molecule has 150 valence electrons. The third-order valence-corrected chi connectivity index (χ3v) is 6.17. The Hall–Kier alpha value is -2.51. The van der Waals surface area contributed by atoms with E-state index in [1.807, 2.05) is 6.07 Å². The normalized spacial score (nSPS) is 18.5. The zero-order valence-corrected chi connectivity index (χ0v) is 18.0. The molecular weight excluding hydrogens is 350 g/mol. The van der Waals surface area contributed by atoms with Gasteiger partial charge in [-0.25, -0.2) is 0 Å². The Morgan fingerprint density at radius 2 is 1.66 bits per heavy atom. The Kier molecular flexibility index (Phi) is 7.95. The van der Waals surface area contributed by atoms with Gasteiger partial charge in [0.1, 0.15) is 0 Å². The van der Waals surface area contributed by atoms with Crippen LogP contribution in [0.15, 0.2) is 42.5 Å². The monoisotopic (exact) mass is 383 g/mol. The first-order chi connectivity index (χ1) is 14.2. The quantitative estimate of drug-likeness (QED) is 0.485. The van der Waals surface area contributed by atoms with E-state index in [-0.39, 0.29) is 0 Å². The van der Waals surface area contributed by atoms with Crippen LogP contribution in [0.25, 0.3) is 0 Å². The molecule has 0 unspecified atom stereocenters. The number of hydrogen-bond acceptors (Lipinski definition) is 1. The molecule has 1 nitrogen and oxygen atoms in total. The summed E-state index contributed by atoms with van der Waals surface area (Å²) in [5.74, 6) is 7.99. The SMILES string of the molecule is CCCCc1ccc([C@H]2CC[C@H](C#Cc3ccc(CCC)c(C#N)c3)CC2)cc1. The lowest BCUT2D eigenvalue weighted by atomic mass is 9.78. The fourth-order valence-corrected chi connectivity index (χ4v) is 4.34. The van der Waals surface area contributed by atoms with Crippen molar-refractivity contribution in [2.24, 2.45) is 5.92 Å². The van der Waals surface area contributed by atoms with Gasteiger partial charge < -0.3 is 0 Å². The van der Waals surface area contributed by atoms with Crippen molar-refractivity contribution in [1.82, 2.24) is 0 Å². The van der Waals surface area contributed by atoms with Gasteiger partial charge in [-0.05, 0) is 79.7 Å². The van der Waals surface area contributed by atoms with Crippen LogP contribution in [0.3, 0.4) is 0 Å². The Morgan fingerprint density at radius 3 is 2.31 bits per heavy atom. The standard InChI is InChI=1S/C28H33N/c1-3-5-7-22-10-15-26(16-11-22)27-17-12-23(13-18-27)8-9-24-14-19-25(6-4-2)28(20-24)21-29/h10-11,14-16,19-20,23,27H,3-7,12-13,17-18H2,1-2H3/t23-,27-. The highest BCUT2D eigenvalue weighted by molar-refractivity contribution is 5.46. The summed E-state index contributed by atoms with van der Waals surface area (Å²) in [4.78, 5) is 0.